The third-order valence-corrected chi connectivity index (χ3v) is 6.69. The van der Waals surface area contributed by atoms with Gasteiger partial charge in [0.15, 0.2) is 0 Å². The number of benzene rings is 2. The second kappa shape index (κ2) is 7.77. The number of hydrogen-bond donors (Lipinski definition) is 0. The van der Waals surface area contributed by atoms with Crippen molar-refractivity contribution in [3.63, 3.8) is 0 Å². The maximum Gasteiger partial charge on any atom is 0.247 e. The van der Waals surface area contributed by atoms with Gasteiger partial charge in [-0.3, -0.25) is 0 Å². The minimum atomic E-state index is -3.65. The fourth-order valence-corrected chi connectivity index (χ4v) is 3.99. The van der Waals surface area contributed by atoms with Gasteiger partial charge in [0.1, 0.15) is 0 Å². The van der Waals surface area contributed by atoms with Crippen LogP contribution < -0.4 is 0 Å². The first kappa shape index (κ1) is 20.7. The molecule has 3 aromatic rings. The molecule has 0 N–H and O–H groups in total. The van der Waals surface area contributed by atoms with Crippen LogP contribution in [-0.4, -0.2) is 30.0 Å². The van der Waals surface area contributed by atoms with Crippen molar-refractivity contribution in [2.45, 2.75) is 37.6 Å². The summed E-state index contributed by atoms with van der Waals surface area (Å²) in [6.07, 6.45) is 0. The largest absolute Gasteiger partial charge is 0.419 e. The van der Waals surface area contributed by atoms with Crippen LogP contribution in [0.3, 0.4) is 0 Å². The zero-order valence-electron chi connectivity index (χ0n) is 16.2. The van der Waals surface area contributed by atoms with Gasteiger partial charge >= 0.3 is 0 Å². The molecule has 8 heteroatoms. The lowest BCUT2D eigenvalue weighted by atomic mass is 9.87. The molecular weight excluding hydrogens is 442 g/mol. The second-order valence-electron chi connectivity index (χ2n) is 7.54. The number of hydrogen-bond acceptors (Lipinski definition) is 5. The first-order valence-corrected chi connectivity index (χ1v) is 11.0. The highest BCUT2D eigenvalue weighted by molar-refractivity contribution is 9.10. The van der Waals surface area contributed by atoms with Crippen LogP contribution in [0.4, 0.5) is 0 Å². The Bertz CT molecular complexity index is 1050. The standard InChI is InChI=1S/C20H22BrN3O3S/c1-20(2,3)15-7-5-14(6-8-15)19-23-22-18(27-19)13-24(4)28(25,26)17-11-9-16(21)10-12-17/h5-12H,13H2,1-4H3. The summed E-state index contributed by atoms with van der Waals surface area (Å²) in [5.74, 6) is 0.600. The first-order chi connectivity index (χ1) is 13.1. The lowest BCUT2D eigenvalue weighted by Gasteiger charge is -2.18. The zero-order valence-corrected chi connectivity index (χ0v) is 18.6. The molecule has 0 saturated carbocycles. The Hall–Kier alpha value is -2.03. The molecule has 0 bridgehead atoms. The zero-order chi connectivity index (χ0) is 20.5. The van der Waals surface area contributed by atoms with E-state index in [4.69, 9.17) is 4.42 Å². The Balaban J connectivity index is 1.76. The van der Waals surface area contributed by atoms with Gasteiger partial charge in [-0.2, -0.15) is 4.31 Å². The van der Waals surface area contributed by atoms with E-state index in [-0.39, 0.29) is 22.7 Å². The molecule has 6 nitrogen and oxygen atoms in total. The summed E-state index contributed by atoms with van der Waals surface area (Å²) in [6, 6.07) is 14.4. The first-order valence-electron chi connectivity index (χ1n) is 8.72. The van der Waals surface area contributed by atoms with Crippen molar-refractivity contribution in [2.24, 2.45) is 0 Å². The molecule has 2 aromatic carbocycles. The van der Waals surface area contributed by atoms with E-state index in [2.05, 4.69) is 46.9 Å². The van der Waals surface area contributed by atoms with Crippen molar-refractivity contribution >= 4 is 26.0 Å². The van der Waals surface area contributed by atoms with Crippen LogP contribution in [0.2, 0.25) is 0 Å². The van der Waals surface area contributed by atoms with E-state index in [9.17, 15) is 8.42 Å². The van der Waals surface area contributed by atoms with E-state index in [1.54, 1.807) is 24.3 Å². The van der Waals surface area contributed by atoms with E-state index in [0.29, 0.717) is 5.89 Å². The van der Waals surface area contributed by atoms with Crippen LogP contribution in [0, 0.1) is 0 Å². The van der Waals surface area contributed by atoms with Gasteiger partial charge in [-0.25, -0.2) is 8.42 Å². The number of nitrogens with zero attached hydrogens (tertiary/aromatic N) is 3. The molecule has 148 valence electrons. The number of sulfonamides is 1. The van der Waals surface area contributed by atoms with Crippen LogP contribution in [0.15, 0.2) is 62.3 Å². The van der Waals surface area contributed by atoms with E-state index in [0.717, 1.165) is 10.0 Å². The quantitative estimate of drug-likeness (QED) is 0.551. The van der Waals surface area contributed by atoms with Gasteiger partial charge < -0.3 is 4.42 Å². The van der Waals surface area contributed by atoms with Crippen molar-refractivity contribution in [3.8, 4) is 11.5 Å². The van der Waals surface area contributed by atoms with Gasteiger partial charge in [0.2, 0.25) is 21.8 Å². The Morgan fingerprint density at radius 3 is 2.18 bits per heavy atom. The number of halogens is 1. The molecule has 1 aromatic heterocycles. The molecule has 0 fully saturated rings. The molecule has 0 aliphatic heterocycles. The lowest BCUT2D eigenvalue weighted by molar-refractivity contribution is 0.400. The predicted octanol–water partition coefficient (Wildman–Crippen LogP) is 4.62. The van der Waals surface area contributed by atoms with Crippen LogP contribution in [0.5, 0.6) is 0 Å². The van der Waals surface area contributed by atoms with Gasteiger partial charge in [-0.15, -0.1) is 10.2 Å². The van der Waals surface area contributed by atoms with E-state index in [1.165, 1.54) is 16.9 Å². The normalized spacial score (nSPS) is 12.5. The van der Waals surface area contributed by atoms with Gasteiger partial charge in [0.25, 0.3) is 0 Å². The molecule has 0 aliphatic carbocycles. The Morgan fingerprint density at radius 1 is 1.00 bits per heavy atom. The number of aromatic nitrogens is 2. The highest BCUT2D eigenvalue weighted by atomic mass is 79.9. The minimum absolute atomic E-state index is 0.00846. The highest BCUT2D eigenvalue weighted by Gasteiger charge is 2.23. The maximum atomic E-state index is 12.7. The number of rotatable bonds is 5. The molecule has 0 saturated heterocycles. The molecule has 0 radical (unpaired) electrons. The van der Waals surface area contributed by atoms with Crippen LogP contribution in [0.25, 0.3) is 11.5 Å². The van der Waals surface area contributed by atoms with Crippen LogP contribution in [-0.2, 0) is 22.0 Å². The molecule has 1 heterocycles. The van der Waals surface area contributed by atoms with E-state index in [1.807, 2.05) is 24.3 Å². The topological polar surface area (TPSA) is 76.3 Å². The minimum Gasteiger partial charge on any atom is -0.419 e. The van der Waals surface area contributed by atoms with Crippen molar-refractivity contribution in [2.75, 3.05) is 7.05 Å². The molecule has 3 rings (SSSR count). The fraction of sp³-hybridized carbons (Fsp3) is 0.300. The molecule has 0 spiro atoms. The predicted molar refractivity (Wildman–Crippen MR) is 111 cm³/mol. The van der Waals surface area contributed by atoms with E-state index < -0.39 is 10.0 Å². The summed E-state index contributed by atoms with van der Waals surface area (Å²) in [5, 5.41) is 8.05. The fourth-order valence-electron chi connectivity index (χ4n) is 2.61. The third-order valence-electron chi connectivity index (χ3n) is 4.34. The molecule has 0 unspecified atom stereocenters. The van der Waals surface area contributed by atoms with Gasteiger partial charge in [0.05, 0.1) is 11.4 Å². The smallest absolute Gasteiger partial charge is 0.247 e. The lowest BCUT2D eigenvalue weighted by Crippen LogP contribution is -2.26. The summed E-state index contributed by atoms with van der Waals surface area (Å²) in [5.41, 5.74) is 2.06. The summed E-state index contributed by atoms with van der Waals surface area (Å²) in [6.45, 7) is 6.43. The van der Waals surface area contributed by atoms with E-state index >= 15 is 0 Å². The second-order valence-corrected chi connectivity index (χ2v) is 10.5. The summed E-state index contributed by atoms with van der Waals surface area (Å²) in [4.78, 5) is 0.204. The Labute approximate surface area is 173 Å². The maximum absolute atomic E-state index is 12.7. The Kier molecular flexibility index (Phi) is 5.74. The van der Waals surface area contributed by atoms with Gasteiger partial charge in [0, 0.05) is 17.1 Å². The van der Waals surface area contributed by atoms with Gasteiger partial charge in [-0.05, 0) is 47.4 Å². The van der Waals surface area contributed by atoms with Crippen molar-refractivity contribution in [1.29, 1.82) is 0 Å². The average Bonchev–Trinajstić information content (AvgIpc) is 3.10. The third kappa shape index (κ3) is 4.51. The summed E-state index contributed by atoms with van der Waals surface area (Å²) in [7, 11) is -2.16. The summed E-state index contributed by atoms with van der Waals surface area (Å²) >= 11 is 3.30. The van der Waals surface area contributed by atoms with Crippen LogP contribution >= 0.6 is 15.9 Å². The SMILES string of the molecule is CN(Cc1nnc(-c2ccc(C(C)(C)C)cc2)o1)S(=O)(=O)c1ccc(Br)cc1. The molecule has 0 atom stereocenters. The van der Waals surface area contributed by atoms with Crippen LogP contribution in [0.1, 0.15) is 32.2 Å². The highest BCUT2D eigenvalue weighted by Crippen LogP contribution is 2.26. The summed E-state index contributed by atoms with van der Waals surface area (Å²) < 4.78 is 33.0. The van der Waals surface area contributed by atoms with Crippen molar-refractivity contribution in [1.82, 2.24) is 14.5 Å². The Morgan fingerprint density at radius 2 is 1.61 bits per heavy atom. The van der Waals surface area contributed by atoms with Crippen molar-refractivity contribution in [3.05, 3.63) is 64.5 Å². The molecule has 0 aliphatic rings. The molecular formula is C20H22BrN3O3S. The molecule has 0 amide bonds. The van der Waals surface area contributed by atoms with Gasteiger partial charge in [-0.1, -0.05) is 48.8 Å². The monoisotopic (exact) mass is 463 g/mol. The molecule has 28 heavy (non-hydrogen) atoms. The van der Waals surface area contributed by atoms with Crippen molar-refractivity contribution < 1.29 is 12.8 Å². The average molecular weight is 464 g/mol.